The number of hydrogen-bond acceptors (Lipinski definition) is 3. The number of carbonyl (C=O) groups excluding carboxylic acids is 2. The van der Waals surface area contributed by atoms with E-state index in [2.05, 4.69) is 42.0 Å². The molecule has 0 aromatic heterocycles. The number of ether oxygens (including phenoxy) is 1. The molecular weight excluding hydrogens is 575 g/mol. The molecule has 37 heavy (non-hydrogen) atoms. The van der Waals surface area contributed by atoms with Crippen LogP contribution in [0.25, 0.3) is 0 Å². The number of nitrogens with one attached hydrogen (secondary N) is 1. The topological polar surface area (TPSA) is 58.6 Å². The van der Waals surface area contributed by atoms with Gasteiger partial charge in [-0.15, -0.1) is 0 Å². The monoisotopic (exact) mass is 610 g/mol. The first kappa shape index (κ1) is 29.8. The van der Waals surface area contributed by atoms with Crippen molar-refractivity contribution in [1.82, 2.24) is 10.2 Å². The quantitative estimate of drug-likeness (QED) is 0.316. The van der Waals surface area contributed by atoms with Crippen molar-refractivity contribution in [2.24, 2.45) is 0 Å². The van der Waals surface area contributed by atoms with E-state index in [0.717, 1.165) is 41.3 Å². The summed E-state index contributed by atoms with van der Waals surface area (Å²) in [6.07, 6.45) is 5.87. The lowest BCUT2D eigenvalue weighted by molar-refractivity contribution is -0.143. The maximum Gasteiger partial charge on any atom is 0.261 e. The fraction of sp³-hybridized carbons (Fsp3) is 0.517. The van der Waals surface area contributed by atoms with Gasteiger partial charge in [-0.2, -0.15) is 0 Å². The number of rotatable bonds is 9. The summed E-state index contributed by atoms with van der Waals surface area (Å²) in [6, 6.07) is 10.7. The molecule has 2 aromatic carbocycles. The van der Waals surface area contributed by atoms with Crippen LogP contribution in [-0.2, 0) is 21.5 Å². The zero-order valence-electron chi connectivity index (χ0n) is 22.1. The molecule has 0 saturated heterocycles. The Labute approximate surface area is 239 Å². The average molecular weight is 612 g/mol. The normalized spacial score (nSPS) is 15.2. The van der Waals surface area contributed by atoms with Crippen molar-refractivity contribution in [1.29, 1.82) is 0 Å². The summed E-state index contributed by atoms with van der Waals surface area (Å²) >= 11 is 15.9. The SMILES string of the molecule is CC[C@H](C(=O)NC1CCCCC1)N(Cc1ccc(Cl)c(Cl)c1)C(=O)COc1ccc(C(C)(C)C)cc1Br. The molecule has 0 heterocycles. The van der Waals surface area contributed by atoms with Crippen molar-refractivity contribution in [3.05, 3.63) is 62.0 Å². The number of carbonyl (C=O) groups is 2. The van der Waals surface area contributed by atoms with E-state index in [1.54, 1.807) is 17.0 Å². The van der Waals surface area contributed by atoms with Crippen LogP contribution in [0.1, 0.15) is 77.3 Å². The Bertz CT molecular complexity index is 1100. The van der Waals surface area contributed by atoms with Crippen LogP contribution >= 0.6 is 39.1 Å². The fourth-order valence-corrected chi connectivity index (χ4v) is 5.42. The molecular formula is C29H37BrCl2N2O3. The molecule has 3 rings (SSSR count). The highest BCUT2D eigenvalue weighted by Crippen LogP contribution is 2.32. The Morgan fingerprint density at radius 3 is 2.38 bits per heavy atom. The Hall–Kier alpha value is -1.76. The molecule has 0 aliphatic heterocycles. The molecule has 0 radical (unpaired) electrons. The molecule has 1 fully saturated rings. The summed E-state index contributed by atoms with van der Waals surface area (Å²) in [7, 11) is 0. The van der Waals surface area contributed by atoms with Crippen molar-refractivity contribution in [2.45, 2.75) is 90.3 Å². The Balaban J connectivity index is 1.79. The molecule has 1 atom stereocenters. The van der Waals surface area contributed by atoms with E-state index in [1.165, 1.54) is 6.42 Å². The van der Waals surface area contributed by atoms with Gasteiger partial charge in [0.1, 0.15) is 11.8 Å². The van der Waals surface area contributed by atoms with E-state index < -0.39 is 6.04 Å². The van der Waals surface area contributed by atoms with Gasteiger partial charge in [-0.25, -0.2) is 0 Å². The third kappa shape index (κ3) is 8.36. The van der Waals surface area contributed by atoms with Gasteiger partial charge in [0.15, 0.2) is 6.61 Å². The van der Waals surface area contributed by atoms with Crippen LogP contribution in [-0.4, -0.2) is 35.4 Å². The second-order valence-corrected chi connectivity index (χ2v) is 12.4. The molecule has 8 heteroatoms. The van der Waals surface area contributed by atoms with E-state index in [-0.39, 0.29) is 36.4 Å². The second kappa shape index (κ2) is 13.3. The maximum absolute atomic E-state index is 13.6. The molecule has 1 N–H and O–H groups in total. The first-order chi connectivity index (χ1) is 17.5. The molecule has 202 valence electrons. The molecule has 0 spiro atoms. The molecule has 5 nitrogen and oxygen atoms in total. The standard InChI is InChI=1S/C29H37BrCl2N2O3/c1-5-25(28(36)33-21-9-7-6-8-10-21)34(17-19-11-13-23(31)24(32)15-19)27(35)18-37-26-14-12-20(16-22(26)30)29(2,3)4/h11-16,21,25H,5-10,17-18H2,1-4H3,(H,33,36)/t25-/m1/s1. The molecule has 0 bridgehead atoms. The van der Waals surface area contributed by atoms with E-state index >= 15 is 0 Å². The number of halogens is 3. The first-order valence-electron chi connectivity index (χ1n) is 13.0. The number of nitrogens with zero attached hydrogens (tertiary/aromatic N) is 1. The number of amides is 2. The molecule has 2 amide bonds. The van der Waals surface area contributed by atoms with E-state index in [0.29, 0.717) is 22.2 Å². The summed E-state index contributed by atoms with van der Waals surface area (Å²) in [4.78, 5) is 28.5. The smallest absolute Gasteiger partial charge is 0.261 e. The lowest BCUT2D eigenvalue weighted by Crippen LogP contribution is -2.52. The Morgan fingerprint density at radius 2 is 1.78 bits per heavy atom. The summed E-state index contributed by atoms with van der Waals surface area (Å²) in [5.74, 6) is 0.178. The lowest BCUT2D eigenvalue weighted by Gasteiger charge is -2.32. The molecule has 1 saturated carbocycles. The zero-order chi connectivity index (χ0) is 27.2. The van der Waals surface area contributed by atoms with Crippen LogP contribution < -0.4 is 10.1 Å². The maximum atomic E-state index is 13.6. The predicted molar refractivity (Wildman–Crippen MR) is 154 cm³/mol. The van der Waals surface area contributed by atoms with Gasteiger partial charge >= 0.3 is 0 Å². The van der Waals surface area contributed by atoms with Crippen molar-refractivity contribution < 1.29 is 14.3 Å². The predicted octanol–water partition coefficient (Wildman–Crippen LogP) is 7.69. The zero-order valence-corrected chi connectivity index (χ0v) is 25.2. The minimum absolute atomic E-state index is 0.00638. The molecule has 2 aromatic rings. The third-order valence-electron chi connectivity index (χ3n) is 6.82. The van der Waals surface area contributed by atoms with Gasteiger partial charge in [0.05, 0.1) is 14.5 Å². The first-order valence-corrected chi connectivity index (χ1v) is 14.5. The summed E-state index contributed by atoms with van der Waals surface area (Å²) < 4.78 is 6.72. The van der Waals surface area contributed by atoms with Gasteiger partial charge in [0.2, 0.25) is 5.91 Å². The van der Waals surface area contributed by atoms with Crippen LogP contribution in [0.3, 0.4) is 0 Å². The molecule has 1 aliphatic rings. The largest absolute Gasteiger partial charge is 0.483 e. The van der Waals surface area contributed by atoms with Crippen molar-refractivity contribution in [2.75, 3.05) is 6.61 Å². The number of hydrogen-bond donors (Lipinski definition) is 1. The minimum atomic E-state index is -0.626. The number of benzene rings is 2. The molecule has 0 unspecified atom stereocenters. The average Bonchev–Trinajstić information content (AvgIpc) is 2.85. The van der Waals surface area contributed by atoms with Gasteiger partial charge in [-0.1, -0.05) is 82.3 Å². The van der Waals surface area contributed by atoms with Crippen molar-refractivity contribution >= 4 is 50.9 Å². The minimum Gasteiger partial charge on any atom is -0.483 e. The van der Waals surface area contributed by atoms with Crippen LogP contribution in [0.5, 0.6) is 5.75 Å². The van der Waals surface area contributed by atoms with E-state index in [9.17, 15) is 9.59 Å². The van der Waals surface area contributed by atoms with Crippen LogP contribution in [0.4, 0.5) is 0 Å². The van der Waals surface area contributed by atoms with Gasteiger partial charge in [0, 0.05) is 12.6 Å². The summed E-state index contributed by atoms with van der Waals surface area (Å²) in [6.45, 7) is 8.37. The lowest BCUT2D eigenvalue weighted by atomic mass is 9.87. The highest BCUT2D eigenvalue weighted by molar-refractivity contribution is 9.10. The van der Waals surface area contributed by atoms with Gasteiger partial charge in [-0.05, 0) is 76.0 Å². The second-order valence-electron chi connectivity index (χ2n) is 10.7. The highest BCUT2D eigenvalue weighted by Gasteiger charge is 2.31. The summed E-state index contributed by atoms with van der Waals surface area (Å²) in [5.41, 5.74) is 1.94. The van der Waals surface area contributed by atoms with Crippen molar-refractivity contribution in [3.8, 4) is 5.75 Å². The van der Waals surface area contributed by atoms with Gasteiger partial charge < -0.3 is 15.0 Å². The third-order valence-corrected chi connectivity index (χ3v) is 8.18. The molecule has 1 aliphatic carbocycles. The van der Waals surface area contributed by atoms with Crippen LogP contribution in [0, 0.1) is 0 Å². The van der Waals surface area contributed by atoms with Crippen LogP contribution in [0.2, 0.25) is 10.0 Å². The Kier molecular flexibility index (Phi) is 10.7. The fourth-order valence-electron chi connectivity index (χ4n) is 4.61. The van der Waals surface area contributed by atoms with Crippen molar-refractivity contribution in [3.63, 3.8) is 0 Å². The van der Waals surface area contributed by atoms with E-state index in [1.807, 2.05) is 31.2 Å². The highest BCUT2D eigenvalue weighted by atomic mass is 79.9. The van der Waals surface area contributed by atoms with Gasteiger partial charge in [-0.3, -0.25) is 9.59 Å². The summed E-state index contributed by atoms with van der Waals surface area (Å²) in [5, 5.41) is 4.04. The Morgan fingerprint density at radius 1 is 1.08 bits per heavy atom. The van der Waals surface area contributed by atoms with Gasteiger partial charge in [0.25, 0.3) is 5.91 Å². The van der Waals surface area contributed by atoms with Crippen LogP contribution in [0.15, 0.2) is 40.9 Å². The van der Waals surface area contributed by atoms with E-state index in [4.69, 9.17) is 27.9 Å².